The Hall–Kier alpha value is -7.26. The zero-order valence-electron chi connectivity index (χ0n) is 43.0. The highest BCUT2D eigenvalue weighted by molar-refractivity contribution is 6.05. The summed E-state index contributed by atoms with van der Waals surface area (Å²) in [7, 11) is 1.54. The van der Waals surface area contributed by atoms with E-state index >= 15 is 0 Å². The third-order valence-electron chi connectivity index (χ3n) is 15.6. The highest BCUT2D eigenvalue weighted by Crippen LogP contribution is 2.54. The number of fused-ring (bicyclic) bond motifs is 7. The Bertz CT molecular complexity index is 3030. The van der Waals surface area contributed by atoms with Gasteiger partial charge >= 0.3 is 5.78 Å². The summed E-state index contributed by atoms with van der Waals surface area (Å²) in [6.07, 6.45) is 8.81. The zero-order valence-corrected chi connectivity index (χ0v) is 43.0. The molecule has 5 aliphatic rings. The molecule has 4 aliphatic heterocycles. The van der Waals surface area contributed by atoms with Crippen molar-refractivity contribution in [2.24, 2.45) is 22.4 Å². The van der Waals surface area contributed by atoms with Crippen LogP contribution in [-0.2, 0) is 31.1 Å². The van der Waals surface area contributed by atoms with Gasteiger partial charge in [0.15, 0.2) is 23.0 Å². The number of methoxy groups -OCH3 is 1. The summed E-state index contributed by atoms with van der Waals surface area (Å²) in [6, 6.07) is 34.1. The smallest absolute Gasteiger partial charge is 0.335 e. The Kier molecular flexibility index (Phi) is 15.5. The van der Waals surface area contributed by atoms with Crippen molar-refractivity contribution in [2.75, 3.05) is 51.5 Å². The molecule has 5 aromatic carbocycles. The van der Waals surface area contributed by atoms with E-state index < -0.39 is 18.1 Å². The largest absolute Gasteiger partial charge is 0.508 e. The molecule has 14 nitrogen and oxygen atoms in total. The number of carbonyl (C=O) groups excluding carboxylic acids is 1. The fourth-order valence-electron chi connectivity index (χ4n) is 11.8. The highest BCUT2D eigenvalue weighted by atomic mass is 16.5. The fourth-order valence-corrected chi connectivity index (χ4v) is 11.8. The highest BCUT2D eigenvalue weighted by Gasteiger charge is 2.45. The van der Waals surface area contributed by atoms with Gasteiger partial charge in [-0.3, -0.25) is 4.79 Å². The lowest BCUT2D eigenvalue weighted by Crippen LogP contribution is -2.60. The van der Waals surface area contributed by atoms with Crippen molar-refractivity contribution in [3.63, 3.8) is 0 Å². The van der Waals surface area contributed by atoms with Crippen LogP contribution in [0, 0.1) is 5.92 Å². The Morgan fingerprint density at radius 1 is 0.973 bits per heavy atom. The lowest BCUT2D eigenvalue weighted by Gasteiger charge is -2.54. The number of aromatic nitrogens is 1. The van der Waals surface area contributed by atoms with Crippen LogP contribution in [0.2, 0.25) is 0 Å². The number of piperazine rings is 1. The molecule has 1 saturated carbocycles. The third kappa shape index (κ3) is 10.8. The molecule has 1 saturated heterocycles. The molecule has 1 aromatic heterocycles. The minimum atomic E-state index is -0.835. The topological polar surface area (TPSA) is 213 Å². The number of aryl methyl sites for hydroxylation is 2. The molecule has 9 N–H and O–H groups in total. The van der Waals surface area contributed by atoms with Crippen LogP contribution in [0.15, 0.2) is 114 Å². The van der Waals surface area contributed by atoms with E-state index in [0.29, 0.717) is 47.6 Å². The van der Waals surface area contributed by atoms with E-state index in [1.54, 1.807) is 37.5 Å². The van der Waals surface area contributed by atoms with Crippen LogP contribution in [0.4, 0.5) is 11.5 Å². The molecule has 1 unspecified atom stereocenters. The van der Waals surface area contributed by atoms with Crippen molar-refractivity contribution in [1.82, 2.24) is 10.3 Å². The summed E-state index contributed by atoms with van der Waals surface area (Å²) in [5.74, 6) is 1.83. The van der Waals surface area contributed by atoms with E-state index in [9.17, 15) is 20.1 Å². The number of aliphatic hydroxyl groups is 2. The number of aromatic hydroxyl groups is 1. The average Bonchev–Trinajstić information content (AvgIpc) is 4.11. The molecule has 6 aromatic rings. The number of ketones is 1. The normalized spacial score (nSPS) is 19.8. The first-order valence-electron chi connectivity index (χ1n) is 26.6. The van der Waals surface area contributed by atoms with Crippen LogP contribution in [0.3, 0.4) is 0 Å². The molecular weight excluding hydrogens is 945 g/mol. The van der Waals surface area contributed by atoms with E-state index in [2.05, 4.69) is 65.7 Å². The number of nitrogens with zero attached hydrogens (tertiary/aromatic N) is 3. The minimum Gasteiger partial charge on any atom is -0.508 e. The molecule has 75 heavy (non-hydrogen) atoms. The predicted molar refractivity (Wildman–Crippen MR) is 295 cm³/mol. The monoisotopic (exact) mass is 1010 g/mol. The second kappa shape index (κ2) is 22.7. The van der Waals surface area contributed by atoms with Crippen molar-refractivity contribution >= 4 is 29.3 Å². The molecule has 5 heterocycles. The number of phenols is 1. The summed E-state index contributed by atoms with van der Waals surface area (Å²) in [5, 5.41) is 36.3. The standard InChI is InChI=1S/C61H69N6O8/c1-3-45-33-49-42-13-9-12-39(30-42)15-23-48-55-54(51(71)34-52(75-55)41-17-21-46(69)22-18-41)57(73-29-24-47(70)20-14-38-10-5-4-6-11-38)58(72-2)56(48)74-37-40(36-68)31-43-16-19-44(32-50(43)66-60(62)63)61(25-7-8-26-61)53-35-64-27-28-67(53)59(49)65-45/h4-6,9-14,16-22,30,32-33,40,47,52-53,64,68-70H,3,7-8,15,23-29,31,34-37H2,1-2H3,(H4,62,63,66)/q-1/p+1/b20-14+/t40-,47+,52?,53-/m1/s1. The zero-order chi connectivity index (χ0) is 52.1. The predicted octanol–water partition coefficient (Wildman–Crippen LogP) is 8.37. The number of ether oxygens (including phenoxy) is 4. The number of aliphatic imine (C=N–C) groups is 1. The Morgan fingerprint density at radius 2 is 1.79 bits per heavy atom. The Balaban J connectivity index is 1.12. The van der Waals surface area contributed by atoms with Crippen molar-refractivity contribution < 1.29 is 39.1 Å². The van der Waals surface area contributed by atoms with Gasteiger partial charge in [-0.25, -0.2) is 4.99 Å². The molecule has 1 spiro atoms. The lowest BCUT2D eigenvalue weighted by molar-refractivity contribution is 0.153. The van der Waals surface area contributed by atoms with E-state index in [1.165, 1.54) is 5.56 Å². The number of nitrogens with two attached hydrogens (primary N) is 2. The lowest BCUT2D eigenvalue weighted by atomic mass is 9.71. The molecule has 4 bridgehead atoms. The van der Waals surface area contributed by atoms with Crippen LogP contribution in [0.5, 0.6) is 28.7 Å². The van der Waals surface area contributed by atoms with Gasteiger partial charge in [-0.1, -0.05) is 128 Å². The molecule has 0 amide bonds. The Morgan fingerprint density at radius 3 is 2.55 bits per heavy atom. The van der Waals surface area contributed by atoms with Crippen LogP contribution in [0.25, 0.3) is 17.2 Å². The Labute approximate surface area is 439 Å². The summed E-state index contributed by atoms with van der Waals surface area (Å²) >= 11 is 0. The van der Waals surface area contributed by atoms with Crippen molar-refractivity contribution in [3.05, 3.63) is 154 Å². The van der Waals surface area contributed by atoms with E-state index in [-0.39, 0.29) is 73.1 Å². The second-order valence-electron chi connectivity index (χ2n) is 20.5. The van der Waals surface area contributed by atoms with E-state index in [4.69, 9.17) is 40.4 Å². The number of hydrogen-bond donors (Lipinski definition) is 6. The number of hydrogen-bond acceptors (Lipinski definition) is 10. The summed E-state index contributed by atoms with van der Waals surface area (Å²) in [5.41, 5.74) is 21.8. The quantitative estimate of drug-likeness (QED) is 0.0411. The third-order valence-corrected chi connectivity index (χ3v) is 15.6. The van der Waals surface area contributed by atoms with Gasteiger partial charge in [-0.15, -0.1) is 0 Å². The molecule has 11 rings (SSSR count). The van der Waals surface area contributed by atoms with Gasteiger partial charge in [-0.2, -0.15) is 0 Å². The maximum atomic E-state index is 12.3. The number of rotatable bonds is 11. The van der Waals surface area contributed by atoms with Crippen LogP contribution in [-0.4, -0.2) is 90.6 Å². The molecule has 1 aliphatic carbocycles. The molecule has 0 radical (unpaired) electrons. The summed E-state index contributed by atoms with van der Waals surface area (Å²) in [4.78, 5) is 25.0. The fraction of sp³-hybridized carbons (Fsp3) is 0.377. The summed E-state index contributed by atoms with van der Waals surface area (Å²) < 4.78 is 26.9. The van der Waals surface area contributed by atoms with Gasteiger partial charge < -0.3 is 60.9 Å². The minimum absolute atomic E-state index is 0.0286. The van der Waals surface area contributed by atoms with Gasteiger partial charge in [0.25, 0.3) is 0 Å². The number of benzene rings is 5. The van der Waals surface area contributed by atoms with Crippen molar-refractivity contribution in [3.8, 4) is 39.9 Å². The number of phenolic OH excluding ortho intramolecular Hbond substituents is 1. The first-order chi connectivity index (χ1) is 36.5. The summed E-state index contributed by atoms with van der Waals surface area (Å²) in [6.45, 7) is 4.48. The first kappa shape index (κ1) is 51.2. The number of nitrogens with one attached hydrogen (secondary N) is 1. The first-order valence-corrected chi connectivity index (χ1v) is 26.6. The van der Waals surface area contributed by atoms with Crippen molar-refractivity contribution in [1.29, 1.82) is 0 Å². The molecule has 392 valence electrons. The number of aliphatic hydroxyl groups excluding tert-OH is 2. The SMILES string of the molecule is CCc1cc2c([n-]1)N1CCNC[C@@H]1C1(CCCC1)c1ccc(c(N=C(N)N)c1)C[C@H](CO)COc1c(c3c(c(OCC[C@@H](O)/C=C/c4ccccc4)c1OC)C(=[OH+])CC(c1ccc(O)cc1)O3)CCc1cccc-2c1. The van der Waals surface area contributed by atoms with E-state index in [1.807, 2.05) is 36.4 Å². The van der Waals surface area contributed by atoms with Gasteiger partial charge in [0.05, 0.1) is 32.1 Å². The number of anilines is 1. The van der Waals surface area contributed by atoms with Crippen LogP contribution < -0.4 is 45.6 Å². The van der Waals surface area contributed by atoms with Crippen LogP contribution >= 0.6 is 0 Å². The van der Waals surface area contributed by atoms with Crippen molar-refractivity contribution in [2.45, 2.75) is 94.8 Å². The van der Waals surface area contributed by atoms with E-state index in [0.717, 1.165) is 96.6 Å². The maximum Gasteiger partial charge on any atom is 0.335 e. The molecular formula is C61H70N6O8. The van der Waals surface area contributed by atoms with Gasteiger partial charge in [0.1, 0.15) is 24.0 Å². The maximum absolute atomic E-state index is 12.3. The molecule has 2 fully saturated rings. The average molecular weight is 1020 g/mol. The van der Waals surface area contributed by atoms with Crippen LogP contribution in [0.1, 0.15) is 96.2 Å². The number of guanidine groups is 1. The van der Waals surface area contributed by atoms with Gasteiger partial charge in [0, 0.05) is 24.5 Å². The molecule has 14 heteroatoms. The second-order valence-corrected chi connectivity index (χ2v) is 20.5. The van der Waals surface area contributed by atoms with Gasteiger partial charge in [-0.05, 0) is 127 Å². The van der Waals surface area contributed by atoms with Gasteiger partial charge in [0.2, 0.25) is 5.75 Å². The molecule has 4 atom stereocenters.